The Hall–Kier alpha value is -3.36. The maximum Gasteiger partial charge on any atom is 0.326 e. The Bertz CT molecular complexity index is 987. The van der Waals surface area contributed by atoms with E-state index in [0.29, 0.717) is 6.42 Å². The van der Waals surface area contributed by atoms with Gasteiger partial charge in [0.2, 0.25) is 17.7 Å². The van der Waals surface area contributed by atoms with Gasteiger partial charge in [-0.3, -0.25) is 14.4 Å². The Morgan fingerprint density at radius 3 is 2.35 bits per heavy atom. The number of fused-ring (bicyclic) bond motifs is 1. The van der Waals surface area contributed by atoms with E-state index in [1.165, 1.54) is 6.42 Å². The van der Waals surface area contributed by atoms with Crippen LogP contribution in [0.3, 0.4) is 0 Å². The second-order valence-corrected chi connectivity index (χ2v) is 8.80. The van der Waals surface area contributed by atoms with Crippen molar-refractivity contribution in [3.05, 3.63) is 36.0 Å². The summed E-state index contributed by atoms with van der Waals surface area (Å²) < 4.78 is 0. The molecule has 1 unspecified atom stereocenters. The van der Waals surface area contributed by atoms with Crippen LogP contribution >= 0.6 is 0 Å². The van der Waals surface area contributed by atoms with E-state index in [1.54, 1.807) is 6.20 Å². The van der Waals surface area contributed by atoms with E-state index in [1.807, 2.05) is 31.2 Å². The number of unbranched alkanes of at least 4 members (excludes halogenated alkanes) is 4. The van der Waals surface area contributed by atoms with Crippen LogP contribution < -0.4 is 16.4 Å². The molecular weight excluding hydrogens is 436 g/mol. The zero-order valence-electron chi connectivity index (χ0n) is 19.9. The van der Waals surface area contributed by atoms with Gasteiger partial charge in [0.15, 0.2) is 0 Å². The van der Waals surface area contributed by atoms with Gasteiger partial charge in [-0.15, -0.1) is 0 Å². The van der Waals surface area contributed by atoms with E-state index in [9.17, 15) is 24.3 Å². The first-order valence-corrected chi connectivity index (χ1v) is 11.9. The average molecular weight is 473 g/mol. The zero-order valence-corrected chi connectivity index (χ0v) is 19.9. The summed E-state index contributed by atoms with van der Waals surface area (Å²) in [4.78, 5) is 51.8. The number of nitrogens with one attached hydrogen (secondary N) is 3. The molecule has 2 aromatic rings. The van der Waals surface area contributed by atoms with E-state index < -0.39 is 36.3 Å². The number of amides is 3. The summed E-state index contributed by atoms with van der Waals surface area (Å²) in [7, 11) is 0. The fourth-order valence-electron chi connectivity index (χ4n) is 3.90. The van der Waals surface area contributed by atoms with E-state index in [2.05, 4.69) is 22.5 Å². The van der Waals surface area contributed by atoms with Crippen LogP contribution in [0.2, 0.25) is 0 Å². The standard InChI is InChI=1S/C25H36N4O5/c1-3-4-5-6-7-10-16(2)23(31)28-20(24(32)29-21(25(33)34)14-22(26)30)13-17-15-27-19-12-9-8-11-18(17)19/h8-9,11-12,15-16,20-21,27H,3-7,10,13-14H2,1-2H3,(H2,26,30)(H,28,31)(H,29,32)(H,33,34)/t16?,20-,21+/m0/s1. The average Bonchev–Trinajstić information content (AvgIpc) is 3.20. The van der Waals surface area contributed by atoms with Gasteiger partial charge >= 0.3 is 5.97 Å². The summed E-state index contributed by atoms with van der Waals surface area (Å²) in [5, 5.41) is 15.4. The first kappa shape index (κ1) is 26.9. The third-order valence-electron chi connectivity index (χ3n) is 5.94. The number of nitrogens with two attached hydrogens (primary N) is 1. The smallest absolute Gasteiger partial charge is 0.326 e. The molecule has 0 bridgehead atoms. The molecule has 3 atom stereocenters. The van der Waals surface area contributed by atoms with Crippen LogP contribution in [-0.2, 0) is 25.6 Å². The third-order valence-corrected chi connectivity index (χ3v) is 5.94. The molecule has 186 valence electrons. The summed E-state index contributed by atoms with van der Waals surface area (Å²) in [6.07, 6.45) is 7.52. The lowest BCUT2D eigenvalue weighted by molar-refractivity contribution is -0.143. The molecule has 0 spiro atoms. The Kier molecular flexibility index (Phi) is 10.6. The second-order valence-electron chi connectivity index (χ2n) is 8.80. The number of carbonyl (C=O) groups excluding carboxylic acids is 3. The summed E-state index contributed by atoms with van der Waals surface area (Å²) >= 11 is 0. The third kappa shape index (κ3) is 8.20. The van der Waals surface area contributed by atoms with Crippen molar-refractivity contribution in [1.82, 2.24) is 15.6 Å². The van der Waals surface area contributed by atoms with Crippen LogP contribution in [0.4, 0.5) is 0 Å². The molecule has 1 aromatic carbocycles. The lowest BCUT2D eigenvalue weighted by Crippen LogP contribution is -2.54. The molecular formula is C25H36N4O5. The minimum atomic E-state index is -1.47. The van der Waals surface area contributed by atoms with Crippen molar-refractivity contribution >= 4 is 34.6 Å². The number of carboxylic acids is 1. The lowest BCUT2D eigenvalue weighted by atomic mass is 9.99. The van der Waals surface area contributed by atoms with Crippen molar-refractivity contribution in [2.75, 3.05) is 0 Å². The lowest BCUT2D eigenvalue weighted by Gasteiger charge is -2.22. The van der Waals surface area contributed by atoms with Crippen molar-refractivity contribution in [3.8, 4) is 0 Å². The van der Waals surface area contributed by atoms with Crippen molar-refractivity contribution < 1.29 is 24.3 Å². The molecule has 0 aliphatic rings. The first-order valence-electron chi connectivity index (χ1n) is 11.9. The maximum absolute atomic E-state index is 13.0. The van der Waals surface area contributed by atoms with Crippen LogP contribution in [0.15, 0.2) is 30.5 Å². The van der Waals surface area contributed by atoms with Gasteiger partial charge in [0.05, 0.1) is 6.42 Å². The number of carbonyl (C=O) groups is 4. The van der Waals surface area contributed by atoms with Crippen LogP contribution in [0.1, 0.15) is 64.4 Å². The molecule has 0 aliphatic carbocycles. The second kappa shape index (κ2) is 13.4. The Morgan fingerprint density at radius 2 is 1.68 bits per heavy atom. The van der Waals surface area contributed by atoms with Crippen molar-refractivity contribution in [1.29, 1.82) is 0 Å². The fourth-order valence-corrected chi connectivity index (χ4v) is 3.90. The van der Waals surface area contributed by atoms with Gasteiger partial charge in [0, 0.05) is 29.4 Å². The van der Waals surface area contributed by atoms with E-state index in [4.69, 9.17) is 5.73 Å². The molecule has 9 heteroatoms. The molecule has 34 heavy (non-hydrogen) atoms. The Morgan fingerprint density at radius 1 is 1.00 bits per heavy atom. The predicted molar refractivity (Wildman–Crippen MR) is 130 cm³/mol. The largest absolute Gasteiger partial charge is 0.480 e. The molecule has 0 saturated heterocycles. The number of primary amides is 1. The fraction of sp³-hybridized carbons (Fsp3) is 0.520. The summed E-state index contributed by atoms with van der Waals surface area (Å²) in [5.74, 6) is -3.45. The molecule has 0 aliphatic heterocycles. The molecule has 9 nitrogen and oxygen atoms in total. The zero-order chi connectivity index (χ0) is 25.1. The summed E-state index contributed by atoms with van der Waals surface area (Å²) in [5.41, 5.74) is 6.82. The highest BCUT2D eigenvalue weighted by Gasteiger charge is 2.29. The van der Waals surface area contributed by atoms with Gasteiger partial charge in [0.1, 0.15) is 12.1 Å². The Labute approximate surface area is 199 Å². The predicted octanol–water partition coefficient (Wildman–Crippen LogP) is 2.64. The molecule has 2 rings (SSSR count). The number of H-pyrrole nitrogens is 1. The van der Waals surface area contributed by atoms with Crippen LogP contribution in [-0.4, -0.2) is 45.9 Å². The number of aliphatic carboxylic acids is 1. The molecule has 6 N–H and O–H groups in total. The number of benzene rings is 1. The minimum Gasteiger partial charge on any atom is -0.480 e. The number of rotatable bonds is 15. The number of hydrogen-bond acceptors (Lipinski definition) is 4. The number of aromatic nitrogens is 1. The highest BCUT2D eigenvalue weighted by molar-refractivity contribution is 5.93. The van der Waals surface area contributed by atoms with Gasteiger partial charge in [-0.2, -0.15) is 0 Å². The summed E-state index contributed by atoms with van der Waals surface area (Å²) in [6, 6.07) is 5.09. The molecule has 0 radical (unpaired) electrons. The maximum atomic E-state index is 13.0. The molecule has 0 fully saturated rings. The highest BCUT2D eigenvalue weighted by Crippen LogP contribution is 2.20. The van der Waals surface area contributed by atoms with Crippen LogP contribution in [0, 0.1) is 5.92 Å². The normalized spacial score (nSPS) is 13.7. The SMILES string of the molecule is CCCCCCCC(C)C(=O)N[C@@H](Cc1c[nH]c2ccccc12)C(=O)N[C@H](CC(N)=O)C(=O)O. The highest BCUT2D eigenvalue weighted by atomic mass is 16.4. The van der Waals surface area contributed by atoms with Gasteiger partial charge in [0.25, 0.3) is 0 Å². The van der Waals surface area contributed by atoms with Crippen molar-refractivity contribution in [2.24, 2.45) is 11.7 Å². The number of aromatic amines is 1. The Balaban J connectivity index is 2.14. The number of hydrogen-bond donors (Lipinski definition) is 5. The van der Waals surface area contributed by atoms with Crippen LogP contribution in [0.25, 0.3) is 10.9 Å². The van der Waals surface area contributed by atoms with E-state index >= 15 is 0 Å². The van der Waals surface area contributed by atoms with Crippen LogP contribution in [0.5, 0.6) is 0 Å². The quantitative estimate of drug-likeness (QED) is 0.252. The first-order chi connectivity index (χ1) is 16.2. The van der Waals surface area contributed by atoms with Gasteiger partial charge in [-0.25, -0.2) is 4.79 Å². The minimum absolute atomic E-state index is 0.160. The van der Waals surface area contributed by atoms with E-state index in [0.717, 1.165) is 42.1 Å². The van der Waals surface area contributed by atoms with Gasteiger partial charge in [-0.1, -0.05) is 64.2 Å². The van der Waals surface area contributed by atoms with E-state index in [-0.39, 0.29) is 18.2 Å². The van der Waals surface area contributed by atoms with Gasteiger partial charge < -0.3 is 26.5 Å². The molecule has 3 amide bonds. The van der Waals surface area contributed by atoms with Gasteiger partial charge in [-0.05, 0) is 18.1 Å². The number of carboxylic acid groups (broad SMARTS) is 1. The van der Waals surface area contributed by atoms with Crippen molar-refractivity contribution in [3.63, 3.8) is 0 Å². The monoisotopic (exact) mass is 472 g/mol. The van der Waals surface area contributed by atoms with Crippen molar-refractivity contribution in [2.45, 2.75) is 77.3 Å². The topological polar surface area (TPSA) is 154 Å². The number of para-hydroxylation sites is 1. The summed E-state index contributed by atoms with van der Waals surface area (Å²) in [6.45, 7) is 3.97. The molecule has 1 aromatic heterocycles. The molecule has 0 saturated carbocycles. The molecule has 1 heterocycles.